The van der Waals surface area contributed by atoms with Gasteiger partial charge in [-0.3, -0.25) is 4.79 Å². The number of aromatic nitrogens is 2. The lowest BCUT2D eigenvalue weighted by atomic mass is 10.1. The second-order valence-electron chi connectivity index (χ2n) is 5.82. The van der Waals surface area contributed by atoms with E-state index >= 15 is 0 Å². The number of carbonyl (C=O) groups is 1. The summed E-state index contributed by atoms with van der Waals surface area (Å²) in [4.78, 5) is 20.7. The summed E-state index contributed by atoms with van der Waals surface area (Å²) in [6.07, 6.45) is 3.01. The van der Waals surface area contributed by atoms with Crippen LogP contribution in [0.5, 0.6) is 5.75 Å². The van der Waals surface area contributed by atoms with Crippen molar-refractivity contribution in [2.75, 3.05) is 17.7 Å². The summed E-state index contributed by atoms with van der Waals surface area (Å²) >= 11 is 0. The minimum Gasteiger partial charge on any atom is -0.497 e. The molecule has 0 aliphatic heterocycles. The first-order chi connectivity index (χ1) is 12.6. The molecule has 2 N–H and O–H groups in total. The van der Waals surface area contributed by atoms with Crippen molar-refractivity contribution in [1.82, 2.24) is 9.97 Å². The van der Waals surface area contributed by atoms with Crippen molar-refractivity contribution in [1.29, 1.82) is 0 Å². The predicted octanol–water partition coefficient (Wildman–Crippen LogP) is 3.66. The van der Waals surface area contributed by atoms with Crippen LogP contribution in [0.4, 0.5) is 11.6 Å². The minimum absolute atomic E-state index is 0.264. The first-order valence-corrected chi connectivity index (χ1v) is 8.21. The van der Waals surface area contributed by atoms with E-state index in [2.05, 4.69) is 39.7 Å². The Hall–Kier alpha value is -3.41. The number of amides is 1. The molecule has 0 spiro atoms. The van der Waals surface area contributed by atoms with Crippen molar-refractivity contribution in [3.63, 3.8) is 0 Å². The lowest BCUT2D eigenvalue weighted by Crippen LogP contribution is -2.13. The van der Waals surface area contributed by atoms with E-state index in [0.717, 1.165) is 11.3 Å². The molecular formula is C20H20N4O2. The van der Waals surface area contributed by atoms with Gasteiger partial charge in [-0.1, -0.05) is 29.8 Å². The fraction of sp³-hybridized carbons (Fsp3) is 0.150. The molecule has 0 aliphatic rings. The fourth-order valence-electron chi connectivity index (χ4n) is 2.42. The molecule has 0 radical (unpaired) electrons. The zero-order valence-corrected chi connectivity index (χ0v) is 14.7. The predicted molar refractivity (Wildman–Crippen MR) is 101 cm³/mol. The van der Waals surface area contributed by atoms with Crippen LogP contribution in [0.25, 0.3) is 0 Å². The standard InChI is InChI=1S/C20H20N4O2/c1-14-4-3-5-15(10-14)11-21-20-22-12-16(13-23-20)19(25)24-17-6-8-18(26-2)9-7-17/h3-10,12-13H,11H2,1-2H3,(H,24,25)(H,21,22,23). The van der Waals surface area contributed by atoms with E-state index in [0.29, 0.717) is 23.7 Å². The minimum atomic E-state index is -0.264. The molecule has 6 heteroatoms. The number of rotatable bonds is 6. The van der Waals surface area contributed by atoms with Gasteiger partial charge in [0.05, 0.1) is 12.7 Å². The normalized spacial score (nSPS) is 10.2. The van der Waals surface area contributed by atoms with Crippen molar-refractivity contribution in [3.05, 3.63) is 77.6 Å². The van der Waals surface area contributed by atoms with Crippen LogP contribution in [0.1, 0.15) is 21.5 Å². The highest BCUT2D eigenvalue weighted by Gasteiger charge is 2.08. The van der Waals surface area contributed by atoms with Gasteiger partial charge < -0.3 is 15.4 Å². The molecule has 0 aliphatic carbocycles. The fourth-order valence-corrected chi connectivity index (χ4v) is 2.42. The monoisotopic (exact) mass is 348 g/mol. The van der Waals surface area contributed by atoms with Crippen LogP contribution in [0.15, 0.2) is 60.9 Å². The zero-order chi connectivity index (χ0) is 18.4. The third-order valence-corrected chi connectivity index (χ3v) is 3.80. The molecule has 0 fully saturated rings. The van der Waals surface area contributed by atoms with Crippen LogP contribution in [0.2, 0.25) is 0 Å². The lowest BCUT2D eigenvalue weighted by Gasteiger charge is -2.08. The van der Waals surface area contributed by atoms with Gasteiger partial charge in [0.15, 0.2) is 0 Å². The van der Waals surface area contributed by atoms with Gasteiger partial charge in [-0.05, 0) is 36.8 Å². The SMILES string of the molecule is COc1ccc(NC(=O)c2cnc(NCc3cccc(C)c3)nc2)cc1. The summed E-state index contributed by atoms with van der Waals surface area (Å²) in [6.45, 7) is 2.68. The number of hydrogen-bond donors (Lipinski definition) is 2. The van der Waals surface area contributed by atoms with E-state index in [1.165, 1.54) is 18.0 Å². The highest BCUT2D eigenvalue weighted by molar-refractivity contribution is 6.03. The Balaban J connectivity index is 1.58. The van der Waals surface area contributed by atoms with Crippen LogP contribution >= 0.6 is 0 Å². The van der Waals surface area contributed by atoms with Crippen LogP contribution in [0, 0.1) is 6.92 Å². The Kier molecular flexibility index (Phi) is 5.43. The maximum absolute atomic E-state index is 12.3. The van der Waals surface area contributed by atoms with Crippen molar-refractivity contribution in [2.24, 2.45) is 0 Å². The zero-order valence-electron chi connectivity index (χ0n) is 14.7. The number of methoxy groups -OCH3 is 1. The lowest BCUT2D eigenvalue weighted by molar-refractivity contribution is 0.102. The molecule has 1 heterocycles. The molecule has 1 aromatic heterocycles. The molecule has 1 amide bonds. The van der Waals surface area contributed by atoms with Crippen molar-refractivity contribution in [3.8, 4) is 5.75 Å². The number of benzene rings is 2. The maximum atomic E-state index is 12.3. The molecule has 6 nitrogen and oxygen atoms in total. The Morgan fingerprint density at radius 3 is 2.46 bits per heavy atom. The van der Waals surface area contributed by atoms with Gasteiger partial charge in [-0.15, -0.1) is 0 Å². The number of anilines is 2. The molecule has 26 heavy (non-hydrogen) atoms. The van der Waals surface area contributed by atoms with Crippen molar-refractivity contribution >= 4 is 17.5 Å². The maximum Gasteiger partial charge on any atom is 0.258 e. The van der Waals surface area contributed by atoms with Crippen LogP contribution in [-0.4, -0.2) is 23.0 Å². The first-order valence-electron chi connectivity index (χ1n) is 8.21. The molecule has 0 unspecified atom stereocenters. The molecule has 0 saturated carbocycles. The summed E-state index contributed by atoms with van der Waals surface area (Å²) in [7, 11) is 1.60. The van der Waals surface area contributed by atoms with Crippen LogP contribution < -0.4 is 15.4 Å². The number of nitrogens with one attached hydrogen (secondary N) is 2. The first kappa shape index (κ1) is 17.4. The summed E-state index contributed by atoms with van der Waals surface area (Å²) in [5.74, 6) is 0.947. The number of carbonyl (C=O) groups excluding carboxylic acids is 1. The van der Waals surface area contributed by atoms with Gasteiger partial charge in [-0.2, -0.15) is 0 Å². The van der Waals surface area contributed by atoms with Crippen molar-refractivity contribution < 1.29 is 9.53 Å². The van der Waals surface area contributed by atoms with Gasteiger partial charge in [0.2, 0.25) is 5.95 Å². The quantitative estimate of drug-likeness (QED) is 0.711. The van der Waals surface area contributed by atoms with E-state index in [1.807, 2.05) is 12.1 Å². The summed E-state index contributed by atoms with van der Waals surface area (Å²) < 4.78 is 5.09. The molecule has 3 aromatic rings. The Morgan fingerprint density at radius 2 is 1.81 bits per heavy atom. The number of ether oxygens (including phenoxy) is 1. The highest BCUT2D eigenvalue weighted by atomic mass is 16.5. The van der Waals surface area contributed by atoms with E-state index < -0.39 is 0 Å². The van der Waals surface area contributed by atoms with Gasteiger partial charge in [0, 0.05) is 24.6 Å². The second-order valence-corrected chi connectivity index (χ2v) is 5.82. The van der Waals surface area contributed by atoms with Crippen molar-refractivity contribution in [2.45, 2.75) is 13.5 Å². The molecule has 132 valence electrons. The Bertz CT molecular complexity index is 877. The van der Waals surface area contributed by atoms with E-state index in [1.54, 1.807) is 31.4 Å². The van der Waals surface area contributed by atoms with E-state index in [4.69, 9.17) is 4.74 Å². The van der Waals surface area contributed by atoms with Gasteiger partial charge >= 0.3 is 0 Å². The molecule has 3 rings (SSSR count). The molecule has 2 aromatic carbocycles. The third kappa shape index (κ3) is 4.57. The molecular weight excluding hydrogens is 328 g/mol. The largest absolute Gasteiger partial charge is 0.497 e. The van der Waals surface area contributed by atoms with E-state index in [-0.39, 0.29) is 5.91 Å². The number of nitrogens with zero attached hydrogens (tertiary/aromatic N) is 2. The molecule has 0 saturated heterocycles. The average molecular weight is 348 g/mol. The van der Waals surface area contributed by atoms with Crippen LogP contribution in [-0.2, 0) is 6.54 Å². The second kappa shape index (κ2) is 8.11. The summed E-state index contributed by atoms with van der Waals surface area (Å²) in [5, 5.41) is 5.95. The van der Waals surface area contributed by atoms with Crippen LogP contribution in [0.3, 0.4) is 0 Å². The highest BCUT2D eigenvalue weighted by Crippen LogP contribution is 2.16. The Labute approximate surface area is 152 Å². The summed E-state index contributed by atoms with van der Waals surface area (Å²) in [6, 6.07) is 15.3. The topological polar surface area (TPSA) is 76.1 Å². The number of hydrogen-bond acceptors (Lipinski definition) is 5. The molecule has 0 bridgehead atoms. The van der Waals surface area contributed by atoms with Gasteiger partial charge in [-0.25, -0.2) is 9.97 Å². The molecule has 0 atom stereocenters. The summed E-state index contributed by atoms with van der Waals surface area (Å²) in [5.41, 5.74) is 3.42. The average Bonchev–Trinajstić information content (AvgIpc) is 2.67. The smallest absolute Gasteiger partial charge is 0.258 e. The van der Waals surface area contributed by atoms with Gasteiger partial charge in [0.25, 0.3) is 5.91 Å². The van der Waals surface area contributed by atoms with E-state index in [9.17, 15) is 4.79 Å². The number of aryl methyl sites for hydroxylation is 1. The third-order valence-electron chi connectivity index (χ3n) is 3.80. The Morgan fingerprint density at radius 1 is 1.08 bits per heavy atom. The van der Waals surface area contributed by atoms with Gasteiger partial charge in [0.1, 0.15) is 5.75 Å².